The number of carbonyl (C=O) groups excluding carboxylic acids is 1. The monoisotopic (exact) mass is 348 g/mol. The minimum absolute atomic E-state index is 0.417. The van der Waals surface area contributed by atoms with Crippen LogP contribution < -0.4 is 15.8 Å². The number of ether oxygens (including phenoxy) is 1. The normalized spacial score (nSPS) is 10.2. The second-order valence-electron chi connectivity index (χ2n) is 4.71. The molecule has 2 aromatic carbocycles. The van der Waals surface area contributed by atoms with Crippen LogP contribution in [0.3, 0.4) is 0 Å². The number of aryl methyl sites for hydroxylation is 1. The number of halogens is 1. The Morgan fingerprint density at radius 3 is 2.52 bits per heavy atom. The van der Waals surface area contributed by atoms with E-state index in [1.165, 1.54) is 0 Å². The fourth-order valence-corrected chi connectivity index (χ4v) is 2.63. The van der Waals surface area contributed by atoms with Crippen LogP contribution in [0.5, 0.6) is 5.75 Å². The Hall–Kier alpha value is -2.01. The SMILES string of the molecule is COc1cc(Br)cc(C)c1NCc1ccc(C(N)=O)cc1. The van der Waals surface area contributed by atoms with E-state index in [2.05, 4.69) is 21.2 Å². The molecule has 2 rings (SSSR count). The number of nitrogens with one attached hydrogen (secondary N) is 1. The number of primary amides is 1. The zero-order valence-electron chi connectivity index (χ0n) is 11.9. The van der Waals surface area contributed by atoms with Crippen LogP contribution in [0.4, 0.5) is 5.69 Å². The molecule has 0 radical (unpaired) electrons. The van der Waals surface area contributed by atoms with E-state index in [4.69, 9.17) is 10.5 Å². The van der Waals surface area contributed by atoms with Gasteiger partial charge in [0.15, 0.2) is 0 Å². The highest BCUT2D eigenvalue weighted by atomic mass is 79.9. The Labute approximate surface area is 132 Å². The van der Waals surface area contributed by atoms with Crippen LogP contribution in [-0.2, 0) is 6.54 Å². The molecular formula is C16H17BrN2O2. The van der Waals surface area contributed by atoms with Crippen LogP contribution in [0, 0.1) is 6.92 Å². The summed E-state index contributed by atoms with van der Waals surface area (Å²) < 4.78 is 6.37. The van der Waals surface area contributed by atoms with Crippen molar-refractivity contribution in [2.45, 2.75) is 13.5 Å². The number of benzene rings is 2. The first kappa shape index (κ1) is 15.4. The first-order chi connectivity index (χ1) is 10.0. The van der Waals surface area contributed by atoms with Crippen molar-refractivity contribution >= 4 is 27.5 Å². The van der Waals surface area contributed by atoms with Crippen LogP contribution in [0.25, 0.3) is 0 Å². The van der Waals surface area contributed by atoms with Gasteiger partial charge in [-0.2, -0.15) is 0 Å². The predicted octanol–water partition coefficient (Wildman–Crippen LogP) is 3.48. The molecule has 0 aliphatic carbocycles. The molecule has 0 atom stereocenters. The number of hydrogen-bond donors (Lipinski definition) is 2. The summed E-state index contributed by atoms with van der Waals surface area (Å²) in [7, 11) is 1.65. The molecule has 0 bridgehead atoms. The highest BCUT2D eigenvalue weighted by Crippen LogP contribution is 2.32. The first-order valence-electron chi connectivity index (χ1n) is 6.48. The van der Waals surface area contributed by atoms with E-state index in [-0.39, 0.29) is 0 Å². The standard InChI is InChI=1S/C16H17BrN2O2/c1-10-7-13(17)8-14(21-2)15(10)19-9-11-3-5-12(6-4-11)16(18)20/h3-8,19H,9H2,1-2H3,(H2,18,20). The largest absolute Gasteiger partial charge is 0.495 e. The van der Waals surface area contributed by atoms with Gasteiger partial charge in [-0.1, -0.05) is 28.1 Å². The summed E-state index contributed by atoms with van der Waals surface area (Å²) in [5.41, 5.74) is 8.85. The maximum atomic E-state index is 11.0. The minimum Gasteiger partial charge on any atom is -0.495 e. The molecule has 0 aliphatic rings. The third kappa shape index (κ3) is 3.76. The van der Waals surface area contributed by atoms with Gasteiger partial charge in [0.25, 0.3) is 0 Å². The molecule has 21 heavy (non-hydrogen) atoms. The van der Waals surface area contributed by atoms with Gasteiger partial charge in [0.1, 0.15) is 5.75 Å². The van der Waals surface area contributed by atoms with Gasteiger partial charge in [0.05, 0.1) is 12.8 Å². The van der Waals surface area contributed by atoms with Gasteiger partial charge in [-0.25, -0.2) is 0 Å². The minimum atomic E-state index is -0.417. The van der Waals surface area contributed by atoms with E-state index in [0.717, 1.165) is 27.0 Å². The van der Waals surface area contributed by atoms with E-state index >= 15 is 0 Å². The second-order valence-corrected chi connectivity index (χ2v) is 5.63. The molecule has 0 heterocycles. The number of methoxy groups -OCH3 is 1. The summed E-state index contributed by atoms with van der Waals surface area (Å²) in [6, 6.07) is 11.2. The summed E-state index contributed by atoms with van der Waals surface area (Å²) in [6.07, 6.45) is 0. The van der Waals surface area contributed by atoms with Gasteiger partial charge < -0.3 is 15.8 Å². The lowest BCUT2D eigenvalue weighted by molar-refractivity contribution is 0.100. The van der Waals surface area contributed by atoms with Gasteiger partial charge in [0, 0.05) is 16.6 Å². The molecule has 0 saturated carbocycles. The Morgan fingerprint density at radius 1 is 1.29 bits per heavy atom. The lowest BCUT2D eigenvalue weighted by atomic mass is 10.1. The third-order valence-corrected chi connectivity index (χ3v) is 3.65. The lowest BCUT2D eigenvalue weighted by Crippen LogP contribution is -2.11. The number of rotatable bonds is 5. The maximum Gasteiger partial charge on any atom is 0.248 e. The van der Waals surface area contributed by atoms with Crippen LogP contribution >= 0.6 is 15.9 Å². The van der Waals surface area contributed by atoms with Crippen molar-refractivity contribution in [3.8, 4) is 5.75 Å². The van der Waals surface area contributed by atoms with E-state index in [1.807, 2.05) is 31.2 Å². The van der Waals surface area contributed by atoms with Crippen molar-refractivity contribution in [2.75, 3.05) is 12.4 Å². The van der Waals surface area contributed by atoms with Gasteiger partial charge in [-0.15, -0.1) is 0 Å². The number of nitrogens with two attached hydrogens (primary N) is 1. The number of anilines is 1. The van der Waals surface area contributed by atoms with Crippen LogP contribution in [0.1, 0.15) is 21.5 Å². The topological polar surface area (TPSA) is 64.3 Å². The van der Waals surface area contributed by atoms with Gasteiger partial charge in [-0.3, -0.25) is 4.79 Å². The number of amides is 1. The Morgan fingerprint density at radius 2 is 1.95 bits per heavy atom. The number of carbonyl (C=O) groups is 1. The summed E-state index contributed by atoms with van der Waals surface area (Å²) in [5, 5.41) is 3.36. The lowest BCUT2D eigenvalue weighted by Gasteiger charge is -2.14. The molecular weight excluding hydrogens is 332 g/mol. The van der Waals surface area contributed by atoms with Crippen molar-refractivity contribution in [3.05, 3.63) is 57.6 Å². The molecule has 1 amide bonds. The maximum absolute atomic E-state index is 11.0. The summed E-state index contributed by atoms with van der Waals surface area (Å²) in [6.45, 7) is 2.66. The van der Waals surface area contributed by atoms with Crippen LogP contribution in [-0.4, -0.2) is 13.0 Å². The highest BCUT2D eigenvalue weighted by molar-refractivity contribution is 9.10. The molecule has 0 aromatic heterocycles. The molecule has 2 aromatic rings. The third-order valence-electron chi connectivity index (χ3n) is 3.19. The van der Waals surface area contributed by atoms with Crippen molar-refractivity contribution in [1.29, 1.82) is 0 Å². The smallest absolute Gasteiger partial charge is 0.248 e. The van der Waals surface area contributed by atoms with Gasteiger partial charge >= 0.3 is 0 Å². The summed E-state index contributed by atoms with van der Waals surface area (Å²) >= 11 is 3.45. The van der Waals surface area contributed by atoms with Crippen molar-refractivity contribution in [2.24, 2.45) is 5.73 Å². The molecule has 5 heteroatoms. The molecule has 0 saturated heterocycles. The Balaban J connectivity index is 2.14. The van der Waals surface area contributed by atoms with E-state index in [9.17, 15) is 4.79 Å². The number of hydrogen-bond acceptors (Lipinski definition) is 3. The highest BCUT2D eigenvalue weighted by Gasteiger charge is 2.08. The fourth-order valence-electron chi connectivity index (χ4n) is 2.08. The van der Waals surface area contributed by atoms with Gasteiger partial charge in [0.2, 0.25) is 5.91 Å². The molecule has 0 aliphatic heterocycles. The van der Waals surface area contributed by atoms with Gasteiger partial charge in [-0.05, 0) is 42.3 Å². The zero-order chi connectivity index (χ0) is 15.4. The molecule has 0 fully saturated rings. The molecule has 110 valence electrons. The average molecular weight is 349 g/mol. The van der Waals surface area contributed by atoms with Crippen LogP contribution in [0.2, 0.25) is 0 Å². The van der Waals surface area contributed by atoms with Crippen molar-refractivity contribution in [3.63, 3.8) is 0 Å². The zero-order valence-corrected chi connectivity index (χ0v) is 13.5. The van der Waals surface area contributed by atoms with E-state index in [0.29, 0.717) is 12.1 Å². The van der Waals surface area contributed by atoms with E-state index in [1.54, 1.807) is 19.2 Å². The fraction of sp³-hybridized carbons (Fsp3) is 0.188. The Bertz CT molecular complexity index is 654. The molecule has 3 N–H and O–H groups in total. The van der Waals surface area contributed by atoms with Crippen LogP contribution in [0.15, 0.2) is 40.9 Å². The molecule has 0 spiro atoms. The average Bonchev–Trinajstić information content (AvgIpc) is 2.46. The molecule has 0 unspecified atom stereocenters. The van der Waals surface area contributed by atoms with Crippen molar-refractivity contribution in [1.82, 2.24) is 0 Å². The van der Waals surface area contributed by atoms with Crippen molar-refractivity contribution < 1.29 is 9.53 Å². The van der Waals surface area contributed by atoms with E-state index < -0.39 is 5.91 Å². The summed E-state index contributed by atoms with van der Waals surface area (Å²) in [4.78, 5) is 11.0. The second kappa shape index (κ2) is 6.63. The first-order valence-corrected chi connectivity index (χ1v) is 7.27. The molecule has 4 nitrogen and oxygen atoms in total. The predicted molar refractivity (Wildman–Crippen MR) is 87.7 cm³/mol. The quantitative estimate of drug-likeness (QED) is 0.869. The summed E-state index contributed by atoms with van der Waals surface area (Å²) in [5.74, 6) is 0.371. The Kier molecular flexibility index (Phi) is 4.85.